The quantitative estimate of drug-likeness (QED) is 0.675. The number of amides is 1. The van der Waals surface area contributed by atoms with Crippen LogP contribution in [0.5, 0.6) is 5.75 Å². The molecule has 0 radical (unpaired) electrons. The molecule has 112 valence electrons. The van der Waals surface area contributed by atoms with E-state index < -0.39 is 21.5 Å². The van der Waals surface area contributed by atoms with E-state index in [4.69, 9.17) is 10.5 Å². The Morgan fingerprint density at radius 1 is 1.45 bits per heavy atom. The van der Waals surface area contributed by atoms with Gasteiger partial charge in [-0.05, 0) is 32.0 Å². The van der Waals surface area contributed by atoms with Crippen LogP contribution < -0.4 is 15.2 Å². The van der Waals surface area contributed by atoms with E-state index in [2.05, 4.69) is 4.72 Å². The summed E-state index contributed by atoms with van der Waals surface area (Å²) in [6.07, 6.45) is 0. The fourth-order valence-electron chi connectivity index (χ4n) is 1.40. The van der Waals surface area contributed by atoms with E-state index >= 15 is 0 Å². The Bertz CT molecular complexity index is 605. The molecule has 20 heavy (non-hydrogen) atoms. The van der Waals surface area contributed by atoms with Gasteiger partial charge in [0.15, 0.2) is 0 Å². The van der Waals surface area contributed by atoms with E-state index in [1.165, 1.54) is 33.1 Å². The highest BCUT2D eigenvalue weighted by atomic mass is 32.2. The van der Waals surface area contributed by atoms with E-state index in [0.29, 0.717) is 0 Å². The predicted octanol–water partition coefficient (Wildman–Crippen LogP) is -0.157. The van der Waals surface area contributed by atoms with Crippen molar-refractivity contribution in [3.8, 4) is 5.75 Å². The zero-order chi connectivity index (χ0) is 15.6. The smallest absolute Gasteiger partial charge is 0.252 e. The second-order valence-corrected chi connectivity index (χ2v) is 6.63. The lowest BCUT2D eigenvalue weighted by Crippen LogP contribution is -2.38. The molecule has 1 rings (SSSR count). The number of rotatable bonds is 6. The first-order chi connectivity index (χ1) is 9.07. The Morgan fingerprint density at radius 3 is 2.50 bits per heavy atom. The molecule has 0 aliphatic carbocycles. The molecule has 0 aliphatic rings. The van der Waals surface area contributed by atoms with Crippen LogP contribution in [0.4, 0.5) is 0 Å². The highest BCUT2D eigenvalue weighted by molar-refractivity contribution is 7.89. The monoisotopic (exact) mass is 302 g/mol. The molecule has 0 bridgehead atoms. The Balaban J connectivity index is 3.13. The molecule has 0 aliphatic heterocycles. The molecule has 0 spiro atoms. The number of carbonyl (C=O) groups excluding carboxylic acids is 1. The van der Waals surface area contributed by atoms with Crippen LogP contribution in [0.2, 0.25) is 0 Å². The third kappa shape index (κ3) is 4.19. The maximum Gasteiger partial charge on any atom is 0.252 e. The standard InChI is InChI=1S/C12H18N2O5S/c1-12(2,16)7-14-20(17,18)8-4-5-10(19-3)9(6-8)11(13)15/h4-6,14,16H,7H2,1-3H3,(H2,13,15). The molecule has 8 heteroatoms. The number of sulfonamides is 1. The number of nitrogens with one attached hydrogen (secondary N) is 1. The minimum atomic E-state index is -3.85. The second-order valence-electron chi connectivity index (χ2n) is 4.86. The van der Waals surface area contributed by atoms with Gasteiger partial charge in [-0.1, -0.05) is 0 Å². The van der Waals surface area contributed by atoms with Crippen LogP contribution in [0, 0.1) is 0 Å². The molecule has 0 aromatic heterocycles. The van der Waals surface area contributed by atoms with Gasteiger partial charge in [0.05, 0.1) is 23.2 Å². The molecule has 1 amide bonds. The first-order valence-corrected chi connectivity index (χ1v) is 7.25. The molecular formula is C12H18N2O5S. The van der Waals surface area contributed by atoms with E-state index in [9.17, 15) is 18.3 Å². The lowest BCUT2D eigenvalue weighted by molar-refractivity contribution is 0.0856. The second kappa shape index (κ2) is 5.78. The van der Waals surface area contributed by atoms with Gasteiger partial charge >= 0.3 is 0 Å². The maximum absolute atomic E-state index is 12.0. The highest BCUT2D eigenvalue weighted by Gasteiger charge is 2.21. The van der Waals surface area contributed by atoms with E-state index in [1.54, 1.807) is 0 Å². The number of carbonyl (C=O) groups is 1. The number of methoxy groups -OCH3 is 1. The van der Waals surface area contributed by atoms with Gasteiger partial charge in [-0.2, -0.15) is 0 Å². The summed E-state index contributed by atoms with van der Waals surface area (Å²) < 4.78 is 31.3. The number of ether oxygens (including phenoxy) is 1. The van der Waals surface area contributed by atoms with Crippen molar-refractivity contribution in [3.63, 3.8) is 0 Å². The van der Waals surface area contributed by atoms with Crippen molar-refractivity contribution in [3.05, 3.63) is 23.8 Å². The Kier molecular flexibility index (Phi) is 4.74. The summed E-state index contributed by atoms with van der Waals surface area (Å²) in [6.45, 7) is 2.78. The third-order valence-electron chi connectivity index (χ3n) is 2.44. The molecule has 0 saturated carbocycles. The summed E-state index contributed by atoms with van der Waals surface area (Å²) in [5, 5.41) is 9.53. The van der Waals surface area contributed by atoms with Gasteiger partial charge in [-0.25, -0.2) is 13.1 Å². The van der Waals surface area contributed by atoms with Gasteiger partial charge in [0.25, 0.3) is 5.91 Å². The normalized spacial score (nSPS) is 12.2. The number of aliphatic hydroxyl groups is 1. The van der Waals surface area contributed by atoms with Crippen molar-refractivity contribution in [2.24, 2.45) is 5.73 Å². The summed E-state index contributed by atoms with van der Waals surface area (Å²) in [5.41, 5.74) is 3.95. The van der Waals surface area contributed by atoms with Crippen LogP contribution in [0.1, 0.15) is 24.2 Å². The van der Waals surface area contributed by atoms with Crippen LogP contribution in [0.3, 0.4) is 0 Å². The van der Waals surface area contributed by atoms with Crippen molar-refractivity contribution < 1.29 is 23.1 Å². The lowest BCUT2D eigenvalue weighted by Gasteiger charge is -2.18. The lowest BCUT2D eigenvalue weighted by atomic mass is 10.1. The van der Waals surface area contributed by atoms with Crippen LogP contribution in [-0.4, -0.2) is 38.7 Å². The van der Waals surface area contributed by atoms with Gasteiger partial charge in [-0.15, -0.1) is 0 Å². The van der Waals surface area contributed by atoms with Gasteiger partial charge in [0, 0.05) is 6.54 Å². The minimum Gasteiger partial charge on any atom is -0.496 e. The number of benzene rings is 1. The number of hydrogen-bond donors (Lipinski definition) is 3. The zero-order valence-electron chi connectivity index (χ0n) is 11.5. The molecule has 0 saturated heterocycles. The van der Waals surface area contributed by atoms with Crippen LogP contribution in [0.15, 0.2) is 23.1 Å². The van der Waals surface area contributed by atoms with Crippen molar-refractivity contribution in [1.29, 1.82) is 0 Å². The maximum atomic E-state index is 12.0. The van der Waals surface area contributed by atoms with Gasteiger partial charge in [-0.3, -0.25) is 4.79 Å². The molecule has 7 nitrogen and oxygen atoms in total. The van der Waals surface area contributed by atoms with Gasteiger partial charge in [0.2, 0.25) is 10.0 Å². The van der Waals surface area contributed by atoms with Crippen LogP contribution in [-0.2, 0) is 10.0 Å². The molecule has 0 unspecified atom stereocenters. The van der Waals surface area contributed by atoms with Gasteiger partial charge < -0.3 is 15.6 Å². The fraction of sp³-hybridized carbons (Fsp3) is 0.417. The third-order valence-corrected chi connectivity index (χ3v) is 3.84. The first kappa shape index (κ1) is 16.4. The van der Waals surface area contributed by atoms with Crippen LogP contribution >= 0.6 is 0 Å². The molecule has 0 fully saturated rings. The fourth-order valence-corrected chi connectivity index (χ4v) is 2.63. The summed E-state index contributed by atoms with van der Waals surface area (Å²) in [4.78, 5) is 11.1. The molecule has 4 N–H and O–H groups in total. The van der Waals surface area contributed by atoms with E-state index in [0.717, 1.165) is 6.07 Å². The summed E-state index contributed by atoms with van der Waals surface area (Å²) in [7, 11) is -2.50. The Labute approximate surface area is 117 Å². The van der Waals surface area contributed by atoms with Crippen molar-refractivity contribution in [2.75, 3.05) is 13.7 Å². The van der Waals surface area contributed by atoms with Crippen molar-refractivity contribution >= 4 is 15.9 Å². The SMILES string of the molecule is COc1ccc(S(=O)(=O)NCC(C)(C)O)cc1C(N)=O. The number of nitrogens with two attached hydrogens (primary N) is 1. The summed E-state index contributed by atoms with van der Waals surface area (Å²) >= 11 is 0. The average molecular weight is 302 g/mol. The summed E-state index contributed by atoms with van der Waals surface area (Å²) in [5.74, 6) is -0.597. The molecule has 0 atom stereocenters. The molecule has 1 aromatic rings. The van der Waals surface area contributed by atoms with E-state index in [1.807, 2.05) is 0 Å². The highest BCUT2D eigenvalue weighted by Crippen LogP contribution is 2.22. The van der Waals surface area contributed by atoms with Crippen molar-refractivity contribution in [1.82, 2.24) is 4.72 Å². The molecule has 0 heterocycles. The summed E-state index contributed by atoms with van der Waals surface area (Å²) in [6, 6.07) is 3.77. The molecule has 1 aromatic carbocycles. The van der Waals surface area contributed by atoms with Crippen molar-refractivity contribution in [2.45, 2.75) is 24.3 Å². The van der Waals surface area contributed by atoms with E-state index in [-0.39, 0.29) is 22.8 Å². The Morgan fingerprint density at radius 2 is 2.05 bits per heavy atom. The molecular weight excluding hydrogens is 284 g/mol. The number of primary amides is 1. The average Bonchev–Trinajstić information content (AvgIpc) is 2.35. The van der Waals surface area contributed by atoms with Crippen LogP contribution in [0.25, 0.3) is 0 Å². The minimum absolute atomic E-state index is 0.0290. The zero-order valence-corrected chi connectivity index (χ0v) is 12.3. The first-order valence-electron chi connectivity index (χ1n) is 5.77. The Hall–Kier alpha value is -1.64. The largest absolute Gasteiger partial charge is 0.496 e. The van der Waals surface area contributed by atoms with Gasteiger partial charge in [0.1, 0.15) is 5.75 Å². The number of hydrogen-bond acceptors (Lipinski definition) is 5. The predicted molar refractivity (Wildman–Crippen MR) is 73.0 cm³/mol. The topological polar surface area (TPSA) is 119 Å².